The van der Waals surface area contributed by atoms with Crippen molar-refractivity contribution < 1.29 is 13.2 Å². The molecule has 1 heterocycles. The van der Waals surface area contributed by atoms with Crippen LogP contribution in [-0.4, -0.2) is 38.0 Å². The van der Waals surface area contributed by atoms with Gasteiger partial charge in [-0.05, 0) is 26.7 Å². The van der Waals surface area contributed by atoms with Crippen molar-refractivity contribution in [2.24, 2.45) is 0 Å². The van der Waals surface area contributed by atoms with E-state index in [0.717, 1.165) is 0 Å². The van der Waals surface area contributed by atoms with Crippen LogP contribution in [0.3, 0.4) is 0 Å². The molecule has 1 unspecified atom stereocenters. The van der Waals surface area contributed by atoms with Crippen LogP contribution < -0.4 is 10.6 Å². The van der Waals surface area contributed by atoms with Crippen LogP contribution in [0.5, 0.6) is 0 Å². The van der Waals surface area contributed by atoms with Gasteiger partial charge in [-0.1, -0.05) is 0 Å². The van der Waals surface area contributed by atoms with Crippen LogP contribution >= 0.6 is 0 Å². The van der Waals surface area contributed by atoms with Gasteiger partial charge in [-0.15, -0.1) is 0 Å². The van der Waals surface area contributed by atoms with Crippen molar-refractivity contribution in [3.63, 3.8) is 0 Å². The Morgan fingerprint density at radius 3 is 2.60 bits per heavy atom. The minimum atomic E-state index is -2.95. The summed E-state index contributed by atoms with van der Waals surface area (Å²) in [6.07, 6.45) is 1.37. The molecule has 0 spiro atoms. The lowest BCUT2D eigenvalue weighted by Gasteiger charge is -2.13. The molecule has 1 saturated heterocycles. The number of urea groups is 1. The molecule has 1 aliphatic heterocycles. The normalized spacial score (nSPS) is 24.1. The molecule has 15 heavy (non-hydrogen) atoms. The zero-order valence-electron chi connectivity index (χ0n) is 9.12. The highest BCUT2D eigenvalue weighted by molar-refractivity contribution is 7.92. The Morgan fingerprint density at radius 1 is 1.47 bits per heavy atom. The minimum absolute atomic E-state index is 0.0604. The molecule has 1 aliphatic rings. The van der Waals surface area contributed by atoms with E-state index in [0.29, 0.717) is 12.8 Å². The molecule has 1 rings (SSSR count). The van der Waals surface area contributed by atoms with Gasteiger partial charge in [0.1, 0.15) is 0 Å². The van der Waals surface area contributed by atoms with Crippen molar-refractivity contribution in [2.45, 2.75) is 38.0 Å². The maximum absolute atomic E-state index is 11.4. The van der Waals surface area contributed by atoms with E-state index in [1.165, 1.54) is 0 Å². The molecule has 0 aromatic carbocycles. The van der Waals surface area contributed by atoms with Crippen molar-refractivity contribution in [3.05, 3.63) is 0 Å². The third-order valence-corrected chi connectivity index (χ3v) is 4.65. The summed E-state index contributed by atoms with van der Waals surface area (Å²) in [4.78, 5) is 11.2. The van der Waals surface area contributed by atoms with Gasteiger partial charge in [0.25, 0.3) is 0 Å². The fourth-order valence-corrected chi connectivity index (χ4v) is 3.37. The number of nitrogens with one attached hydrogen (secondary N) is 2. The lowest BCUT2D eigenvalue weighted by Crippen LogP contribution is -2.43. The standard InChI is InChI=1S/C9H18N2O3S/c1-7(2)11-9(12)10-6-8-4-3-5-15(8,13)14/h7-8H,3-6H2,1-2H3,(H2,10,11,12). The predicted octanol–water partition coefficient (Wildman–Crippen LogP) is 0.271. The molecule has 2 amide bonds. The van der Waals surface area contributed by atoms with Crippen molar-refractivity contribution in [3.8, 4) is 0 Å². The highest BCUT2D eigenvalue weighted by Gasteiger charge is 2.31. The maximum atomic E-state index is 11.4. The molecule has 0 aromatic rings. The van der Waals surface area contributed by atoms with Gasteiger partial charge in [-0.2, -0.15) is 0 Å². The number of carbonyl (C=O) groups is 1. The van der Waals surface area contributed by atoms with Crippen LogP contribution in [-0.2, 0) is 9.84 Å². The Kier molecular flexibility index (Phi) is 3.96. The lowest BCUT2D eigenvalue weighted by molar-refractivity contribution is 0.238. The summed E-state index contributed by atoms with van der Waals surface area (Å²) in [7, 11) is -2.95. The highest BCUT2D eigenvalue weighted by Crippen LogP contribution is 2.18. The molecule has 0 saturated carbocycles. The quantitative estimate of drug-likeness (QED) is 0.736. The summed E-state index contributed by atoms with van der Waals surface area (Å²) in [6.45, 7) is 3.93. The monoisotopic (exact) mass is 234 g/mol. The molecule has 0 bridgehead atoms. The second kappa shape index (κ2) is 4.83. The van der Waals surface area contributed by atoms with Crippen LogP contribution in [0.1, 0.15) is 26.7 Å². The Labute approximate surface area is 90.5 Å². The van der Waals surface area contributed by atoms with Crippen LogP contribution in [0.25, 0.3) is 0 Å². The highest BCUT2D eigenvalue weighted by atomic mass is 32.2. The fourth-order valence-electron chi connectivity index (χ4n) is 1.61. The van der Waals surface area contributed by atoms with E-state index < -0.39 is 15.1 Å². The van der Waals surface area contributed by atoms with Gasteiger partial charge in [-0.3, -0.25) is 0 Å². The van der Waals surface area contributed by atoms with Gasteiger partial charge in [-0.25, -0.2) is 13.2 Å². The Morgan fingerprint density at radius 2 is 2.13 bits per heavy atom. The van der Waals surface area contributed by atoms with Crippen molar-refractivity contribution in [1.82, 2.24) is 10.6 Å². The van der Waals surface area contributed by atoms with Crippen molar-refractivity contribution >= 4 is 15.9 Å². The zero-order chi connectivity index (χ0) is 11.5. The Bertz CT molecular complexity index is 324. The number of hydrogen-bond acceptors (Lipinski definition) is 3. The van der Waals surface area contributed by atoms with Gasteiger partial charge in [0, 0.05) is 12.6 Å². The second-order valence-corrected chi connectivity index (χ2v) is 6.54. The molecule has 1 fully saturated rings. The molecular weight excluding hydrogens is 216 g/mol. The van der Waals surface area contributed by atoms with Crippen molar-refractivity contribution in [1.29, 1.82) is 0 Å². The van der Waals surface area contributed by atoms with Gasteiger partial charge >= 0.3 is 6.03 Å². The zero-order valence-corrected chi connectivity index (χ0v) is 9.93. The average molecular weight is 234 g/mol. The van der Waals surface area contributed by atoms with Crippen molar-refractivity contribution in [2.75, 3.05) is 12.3 Å². The van der Waals surface area contributed by atoms with Gasteiger partial charge in [0.2, 0.25) is 0 Å². The van der Waals surface area contributed by atoms with E-state index >= 15 is 0 Å². The summed E-state index contributed by atoms with van der Waals surface area (Å²) in [5.41, 5.74) is 0. The van der Waals surface area contributed by atoms with E-state index in [1.54, 1.807) is 0 Å². The molecule has 0 aromatic heterocycles. The van der Waals surface area contributed by atoms with Crippen LogP contribution in [0.4, 0.5) is 4.79 Å². The molecule has 0 radical (unpaired) electrons. The van der Waals surface area contributed by atoms with Gasteiger partial charge in [0.15, 0.2) is 9.84 Å². The first-order chi connectivity index (χ1) is 6.92. The predicted molar refractivity (Wildman–Crippen MR) is 58.5 cm³/mol. The van der Waals surface area contributed by atoms with E-state index in [2.05, 4.69) is 10.6 Å². The van der Waals surface area contributed by atoms with Gasteiger partial charge < -0.3 is 10.6 Å². The van der Waals surface area contributed by atoms with E-state index in [4.69, 9.17) is 0 Å². The summed E-state index contributed by atoms with van der Waals surface area (Å²) in [6, 6.07) is -0.239. The SMILES string of the molecule is CC(C)NC(=O)NCC1CCCS1(=O)=O. The number of amides is 2. The number of rotatable bonds is 3. The number of hydrogen-bond donors (Lipinski definition) is 2. The second-order valence-electron chi connectivity index (χ2n) is 4.14. The fraction of sp³-hybridized carbons (Fsp3) is 0.889. The molecule has 2 N–H and O–H groups in total. The lowest BCUT2D eigenvalue weighted by atomic mass is 10.2. The van der Waals surface area contributed by atoms with Gasteiger partial charge in [0.05, 0.1) is 11.0 Å². The first-order valence-electron chi connectivity index (χ1n) is 5.18. The summed E-state index contributed by atoms with van der Waals surface area (Å²) >= 11 is 0. The first kappa shape index (κ1) is 12.3. The Balaban J connectivity index is 2.34. The molecule has 6 heteroatoms. The first-order valence-corrected chi connectivity index (χ1v) is 6.89. The Hall–Kier alpha value is -0.780. The smallest absolute Gasteiger partial charge is 0.315 e. The molecular formula is C9H18N2O3S. The molecule has 0 aliphatic carbocycles. The summed E-state index contributed by atoms with van der Waals surface area (Å²) in [5, 5.41) is 4.84. The third-order valence-electron chi connectivity index (χ3n) is 2.37. The van der Waals surface area contributed by atoms with E-state index in [9.17, 15) is 13.2 Å². The molecule has 1 atom stereocenters. The van der Waals surface area contributed by atoms with Crippen LogP contribution in [0, 0.1) is 0 Å². The number of sulfone groups is 1. The minimum Gasteiger partial charge on any atom is -0.337 e. The van der Waals surface area contributed by atoms with Crippen LogP contribution in [0.15, 0.2) is 0 Å². The molecule has 88 valence electrons. The summed E-state index contributed by atoms with van der Waals surface area (Å²) in [5.74, 6) is 0.255. The van der Waals surface area contributed by atoms with Crippen LogP contribution in [0.2, 0.25) is 0 Å². The average Bonchev–Trinajstić information content (AvgIpc) is 2.40. The topological polar surface area (TPSA) is 75.3 Å². The molecule has 5 nitrogen and oxygen atoms in total. The maximum Gasteiger partial charge on any atom is 0.315 e. The largest absolute Gasteiger partial charge is 0.337 e. The van der Waals surface area contributed by atoms with E-state index in [-0.39, 0.29) is 24.4 Å². The third kappa shape index (κ3) is 3.70. The number of carbonyl (C=O) groups excluding carboxylic acids is 1. The van der Waals surface area contributed by atoms with E-state index in [1.807, 2.05) is 13.8 Å². The summed E-state index contributed by atoms with van der Waals surface area (Å²) < 4.78 is 22.8.